The van der Waals surface area contributed by atoms with E-state index in [1.54, 1.807) is 14.0 Å². The summed E-state index contributed by atoms with van der Waals surface area (Å²) in [6.07, 6.45) is -0.656. The van der Waals surface area contributed by atoms with E-state index in [2.05, 4.69) is 0 Å². The number of ether oxygens (including phenoxy) is 3. The monoisotopic (exact) mass is 174 g/mol. The maximum atomic E-state index is 9.55. The summed E-state index contributed by atoms with van der Waals surface area (Å²) in [4.78, 5) is 0. The Balaban J connectivity index is 2.23. The number of aliphatic hydroxyl groups excluding tert-OH is 1. The zero-order chi connectivity index (χ0) is 8.77. The molecule has 4 heteroatoms. The minimum absolute atomic E-state index is 0.00426. The van der Waals surface area contributed by atoms with Gasteiger partial charge in [0.15, 0.2) is 0 Å². The number of hydrogen-bond acceptors (Lipinski definition) is 4. The standard InChI is InChI=1S/C8H14O4/c1-5(9)8-4-11-6(3-12-8)7(8)10-2/h5-7,9H,3-4H2,1-2H3/t5-,6-,7-,8+/m0/s1. The molecule has 2 bridgehead atoms. The summed E-state index contributed by atoms with van der Waals surface area (Å²) in [5.74, 6) is 0. The molecule has 2 aliphatic heterocycles. The molecule has 2 heterocycles. The molecule has 0 unspecified atom stereocenters. The molecule has 0 amide bonds. The van der Waals surface area contributed by atoms with Crippen molar-refractivity contribution in [1.82, 2.24) is 0 Å². The van der Waals surface area contributed by atoms with Crippen molar-refractivity contribution in [1.29, 1.82) is 0 Å². The smallest absolute Gasteiger partial charge is 0.145 e. The zero-order valence-electron chi connectivity index (χ0n) is 7.32. The van der Waals surface area contributed by atoms with E-state index in [9.17, 15) is 5.11 Å². The van der Waals surface area contributed by atoms with E-state index in [-0.39, 0.29) is 12.2 Å². The highest BCUT2D eigenvalue weighted by Crippen LogP contribution is 2.39. The molecular weight excluding hydrogens is 160 g/mol. The van der Waals surface area contributed by atoms with E-state index >= 15 is 0 Å². The van der Waals surface area contributed by atoms with Gasteiger partial charge in [0, 0.05) is 7.11 Å². The highest BCUT2D eigenvalue weighted by molar-refractivity contribution is 5.07. The van der Waals surface area contributed by atoms with Crippen LogP contribution in [-0.2, 0) is 14.2 Å². The van der Waals surface area contributed by atoms with Crippen LogP contribution in [0.3, 0.4) is 0 Å². The molecule has 0 aromatic carbocycles. The van der Waals surface area contributed by atoms with Crippen molar-refractivity contribution in [2.45, 2.75) is 30.8 Å². The Hall–Kier alpha value is -0.160. The first kappa shape index (κ1) is 8.44. The van der Waals surface area contributed by atoms with Crippen LogP contribution in [0, 0.1) is 0 Å². The maximum absolute atomic E-state index is 9.55. The van der Waals surface area contributed by atoms with E-state index < -0.39 is 11.7 Å². The molecule has 0 saturated carbocycles. The van der Waals surface area contributed by atoms with Gasteiger partial charge in [-0.25, -0.2) is 0 Å². The van der Waals surface area contributed by atoms with Crippen LogP contribution in [0.4, 0.5) is 0 Å². The Labute approximate surface area is 71.4 Å². The Morgan fingerprint density at radius 3 is 2.75 bits per heavy atom. The molecule has 0 aromatic rings. The highest BCUT2D eigenvalue weighted by atomic mass is 16.7. The first-order valence-electron chi connectivity index (χ1n) is 4.17. The van der Waals surface area contributed by atoms with Gasteiger partial charge in [-0.15, -0.1) is 0 Å². The van der Waals surface area contributed by atoms with E-state index in [0.717, 1.165) is 0 Å². The van der Waals surface area contributed by atoms with Gasteiger partial charge < -0.3 is 19.3 Å². The Kier molecular flexibility index (Phi) is 1.88. The summed E-state index contributed by atoms with van der Waals surface area (Å²) in [6.45, 7) is 2.68. The number of rotatable bonds is 2. The quantitative estimate of drug-likeness (QED) is 0.616. The van der Waals surface area contributed by atoms with Crippen molar-refractivity contribution >= 4 is 0 Å². The van der Waals surface area contributed by atoms with E-state index in [4.69, 9.17) is 14.2 Å². The van der Waals surface area contributed by atoms with Crippen molar-refractivity contribution in [3.63, 3.8) is 0 Å². The van der Waals surface area contributed by atoms with Gasteiger partial charge in [-0.1, -0.05) is 0 Å². The molecular formula is C8H14O4. The second kappa shape index (κ2) is 2.67. The summed E-state index contributed by atoms with van der Waals surface area (Å²) < 4.78 is 16.2. The van der Waals surface area contributed by atoms with Crippen LogP contribution >= 0.6 is 0 Å². The van der Waals surface area contributed by atoms with Crippen LogP contribution in [-0.4, -0.2) is 49.3 Å². The van der Waals surface area contributed by atoms with Gasteiger partial charge in [0.25, 0.3) is 0 Å². The van der Waals surface area contributed by atoms with Gasteiger partial charge in [0.05, 0.1) is 19.3 Å². The van der Waals surface area contributed by atoms with E-state index in [1.165, 1.54) is 0 Å². The van der Waals surface area contributed by atoms with Crippen LogP contribution in [0.1, 0.15) is 6.92 Å². The van der Waals surface area contributed by atoms with Gasteiger partial charge in [-0.2, -0.15) is 0 Å². The minimum Gasteiger partial charge on any atom is -0.390 e. The van der Waals surface area contributed by atoms with Gasteiger partial charge in [-0.3, -0.25) is 0 Å². The molecule has 2 rings (SSSR count). The van der Waals surface area contributed by atoms with Gasteiger partial charge in [0.2, 0.25) is 0 Å². The molecule has 4 atom stereocenters. The first-order chi connectivity index (χ1) is 5.70. The highest BCUT2D eigenvalue weighted by Gasteiger charge is 2.59. The lowest BCUT2D eigenvalue weighted by Crippen LogP contribution is -2.50. The average molecular weight is 174 g/mol. The van der Waals surface area contributed by atoms with Gasteiger partial charge in [0.1, 0.15) is 17.8 Å². The Morgan fingerprint density at radius 1 is 1.67 bits per heavy atom. The maximum Gasteiger partial charge on any atom is 0.145 e. The van der Waals surface area contributed by atoms with Crippen molar-refractivity contribution in [3.8, 4) is 0 Å². The molecule has 2 saturated heterocycles. The van der Waals surface area contributed by atoms with Crippen LogP contribution < -0.4 is 0 Å². The second-order valence-electron chi connectivity index (χ2n) is 3.45. The van der Waals surface area contributed by atoms with Crippen LogP contribution in [0.25, 0.3) is 0 Å². The van der Waals surface area contributed by atoms with Crippen molar-refractivity contribution < 1.29 is 19.3 Å². The van der Waals surface area contributed by atoms with Crippen molar-refractivity contribution in [3.05, 3.63) is 0 Å². The largest absolute Gasteiger partial charge is 0.390 e. The summed E-state index contributed by atoms with van der Waals surface area (Å²) in [7, 11) is 1.62. The fourth-order valence-corrected chi connectivity index (χ4v) is 2.05. The molecule has 4 nitrogen and oxygen atoms in total. The average Bonchev–Trinajstić information content (AvgIpc) is 2.58. The lowest BCUT2D eigenvalue weighted by molar-refractivity contribution is -0.154. The van der Waals surface area contributed by atoms with E-state index in [1.807, 2.05) is 0 Å². The molecule has 2 aliphatic rings. The van der Waals surface area contributed by atoms with Crippen LogP contribution in [0.15, 0.2) is 0 Å². The molecule has 0 aliphatic carbocycles. The lowest BCUT2D eigenvalue weighted by Gasteiger charge is -2.31. The summed E-state index contributed by atoms with van der Waals surface area (Å²) >= 11 is 0. The number of fused-ring (bicyclic) bond motifs is 2. The Bertz CT molecular complexity index is 172. The van der Waals surface area contributed by atoms with Crippen LogP contribution in [0.2, 0.25) is 0 Å². The van der Waals surface area contributed by atoms with Gasteiger partial charge >= 0.3 is 0 Å². The predicted molar refractivity (Wildman–Crippen MR) is 40.9 cm³/mol. The SMILES string of the molecule is CO[C@H]1[C@@H]2CO[C@@]1([C@H](C)O)CO2. The third-order valence-corrected chi connectivity index (χ3v) is 2.82. The third kappa shape index (κ3) is 0.864. The molecule has 12 heavy (non-hydrogen) atoms. The van der Waals surface area contributed by atoms with Gasteiger partial charge in [-0.05, 0) is 6.92 Å². The zero-order valence-corrected chi connectivity index (χ0v) is 7.32. The molecule has 0 radical (unpaired) electrons. The molecule has 1 N–H and O–H groups in total. The fourth-order valence-electron chi connectivity index (χ4n) is 2.05. The second-order valence-corrected chi connectivity index (χ2v) is 3.45. The van der Waals surface area contributed by atoms with Crippen LogP contribution in [0.5, 0.6) is 0 Å². The number of aliphatic hydroxyl groups is 1. The lowest BCUT2D eigenvalue weighted by atomic mass is 9.94. The number of methoxy groups -OCH3 is 1. The van der Waals surface area contributed by atoms with E-state index in [0.29, 0.717) is 13.2 Å². The molecule has 0 spiro atoms. The molecule has 2 fully saturated rings. The summed E-state index contributed by atoms with van der Waals surface area (Å²) in [5, 5.41) is 9.55. The minimum atomic E-state index is -0.612. The third-order valence-electron chi connectivity index (χ3n) is 2.82. The number of hydrogen-bond donors (Lipinski definition) is 1. The topological polar surface area (TPSA) is 47.9 Å². The predicted octanol–water partition coefficient (Wildman–Crippen LogP) is -0.450. The normalized spacial score (nSPS) is 48.2. The molecule has 70 valence electrons. The Morgan fingerprint density at radius 2 is 2.42 bits per heavy atom. The van der Waals surface area contributed by atoms with Crippen molar-refractivity contribution in [2.75, 3.05) is 20.3 Å². The summed E-state index contributed by atoms with van der Waals surface area (Å²) in [6, 6.07) is 0. The van der Waals surface area contributed by atoms with Crippen molar-refractivity contribution in [2.24, 2.45) is 0 Å². The molecule has 0 aromatic heterocycles. The fraction of sp³-hybridized carbons (Fsp3) is 1.00. The summed E-state index contributed by atoms with van der Waals surface area (Å²) in [5.41, 5.74) is -0.612. The first-order valence-corrected chi connectivity index (χ1v) is 4.17.